The topological polar surface area (TPSA) is 95.3 Å². The number of nitrogens with one attached hydrogen (secondary N) is 1. The second-order valence-corrected chi connectivity index (χ2v) is 12.1. The van der Waals surface area contributed by atoms with Gasteiger partial charge in [-0.1, -0.05) is 44.7 Å². The van der Waals surface area contributed by atoms with Gasteiger partial charge in [0.2, 0.25) is 5.91 Å². The van der Waals surface area contributed by atoms with Crippen LogP contribution in [0.15, 0.2) is 29.4 Å². The summed E-state index contributed by atoms with van der Waals surface area (Å²) in [6.07, 6.45) is 2.48. The van der Waals surface area contributed by atoms with Crippen molar-refractivity contribution in [3.63, 3.8) is 0 Å². The van der Waals surface area contributed by atoms with E-state index in [4.69, 9.17) is 9.47 Å². The highest BCUT2D eigenvalue weighted by atomic mass is 32.2. The minimum absolute atomic E-state index is 0.0795. The lowest BCUT2D eigenvalue weighted by atomic mass is 9.87. The van der Waals surface area contributed by atoms with Crippen molar-refractivity contribution in [3.05, 3.63) is 51.7 Å². The summed E-state index contributed by atoms with van der Waals surface area (Å²) >= 11 is 2.76. The minimum atomic E-state index is -0.371. The van der Waals surface area contributed by atoms with Crippen molar-refractivity contribution in [1.82, 2.24) is 14.8 Å². The van der Waals surface area contributed by atoms with Crippen LogP contribution >= 0.6 is 23.1 Å². The normalized spacial score (nSPS) is 13.8. The van der Waals surface area contributed by atoms with Crippen LogP contribution in [0, 0.1) is 0 Å². The maximum Gasteiger partial charge on any atom is 0.341 e. The number of hydrogen-bond donors (Lipinski definition) is 1. The van der Waals surface area contributed by atoms with Gasteiger partial charge in [0.1, 0.15) is 10.8 Å². The molecule has 0 spiro atoms. The minimum Gasteiger partial charge on any atom is -0.483 e. The molecule has 8 nitrogen and oxygen atoms in total. The number of rotatable bonds is 9. The van der Waals surface area contributed by atoms with E-state index in [1.165, 1.54) is 28.7 Å². The molecule has 0 aliphatic heterocycles. The number of benzene rings is 1. The largest absolute Gasteiger partial charge is 0.483 e. The quantitative estimate of drug-likeness (QED) is 0.273. The maximum atomic E-state index is 12.8. The highest BCUT2D eigenvalue weighted by Gasteiger charge is 2.28. The van der Waals surface area contributed by atoms with Crippen LogP contribution in [0.2, 0.25) is 0 Å². The van der Waals surface area contributed by atoms with Gasteiger partial charge in [-0.25, -0.2) is 4.79 Å². The van der Waals surface area contributed by atoms with Crippen LogP contribution in [-0.4, -0.2) is 39.0 Å². The lowest BCUT2D eigenvalue weighted by Gasteiger charge is -2.20. The van der Waals surface area contributed by atoms with Gasteiger partial charge in [0.05, 0.1) is 17.9 Å². The highest BCUT2D eigenvalue weighted by molar-refractivity contribution is 7.99. The first-order valence-corrected chi connectivity index (χ1v) is 14.3. The van der Waals surface area contributed by atoms with Gasteiger partial charge in [-0.05, 0) is 61.8 Å². The van der Waals surface area contributed by atoms with Crippen molar-refractivity contribution < 1.29 is 19.1 Å². The average Bonchev–Trinajstić information content (AvgIpc) is 3.52. The smallest absolute Gasteiger partial charge is 0.341 e. The first kappa shape index (κ1) is 27.2. The van der Waals surface area contributed by atoms with Crippen molar-refractivity contribution in [2.75, 3.05) is 17.7 Å². The molecule has 0 saturated heterocycles. The molecule has 1 aliphatic carbocycles. The Labute approximate surface area is 226 Å². The third-order valence-electron chi connectivity index (χ3n) is 6.25. The SMILES string of the molecule is CCOC(=O)c1c(NC(=O)CSc2nnc(C(C)Oc3ccc(C(C)(C)C)cc3)n2C)sc2c1CCC2. The van der Waals surface area contributed by atoms with Gasteiger partial charge < -0.3 is 19.4 Å². The fraction of sp³-hybridized carbons (Fsp3) is 0.481. The van der Waals surface area contributed by atoms with Crippen LogP contribution in [0.25, 0.3) is 0 Å². The monoisotopic (exact) mass is 542 g/mol. The zero-order chi connectivity index (χ0) is 26.7. The number of esters is 1. The third kappa shape index (κ3) is 6.18. The molecule has 0 bridgehead atoms. The van der Waals surface area contributed by atoms with Crippen LogP contribution in [0.4, 0.5) is 5.00 Å². The fourth-order valence-corrected chi connectivity index (χ4v) is 6.31. The number of carbonyl (C=O) groups is 2. The van der Waals surface area contributed by atoms with Gasteiger partial charge in [-0.3, -0.25) is 4.79 Å². The number of amides is 1. The third-order valence-corrected chi connectivity index (χ3v) is 8.48. The number of ether oxygens (including phenoxy) is 2. The standard InChI is InChI=1S/C27H34N4O4S2/c1-7-34-25(33)22-19-9-8-10-20(19)37-24(22)28-21(32)15-36-26-30-29-23(31(26)6)16(2)35-18-13-11-17(12-14-18)27(3,4)5/h11-14,16H,7-10,15H2,1-6H3,(H,28,32). The molecule has 1 unspecified atom stereocenters. The second-order valence-electron chi connectivity index (χ2n) is 10.1. The fourth-order valence-electron chi connectivity index (χ4n) is 4.30. The number of thiophene rings is 1. The molecule has 10 heteroatoms. The summed E-state index contributed by atoms with van der Waals surface area (Å²) < 4.78 is 13.2. The Hall–Kier alpha value is -2.85. The molecule has 0 radical (unpaired) electrons. The van der Waals surface area contributed by atoms with E-state index in [1.54, 1.807) is 6.92 Å². The van der Waals surface area contributed by atoms with Crippen LogP contribution < -0.4 is 10.1 Å². The van der Waals surface area contributed by atoms with Crippen LogP contribution in [-0.2, 0) is 34.8 Å². The molecular weight excluding hydrogens is 508 g/mol. The molecule has 3 aromatic rings. The molecule has 37 heavy (non-hydrogen) atoms. The van der Waals surface area contributed by atoms with Gasteiger partial charge in [-0.15, -0.1) is 21.5 Å². The second kappa shape index (κ2) is 11.3. The number of thioether (sulfide) groups is 1. The Bertz CT molecular complexity index is 1270. The summed E-state index contributed by atoms with van der Waals surface area (Å²) in [6, 6.07) is 8.10. The molecule has 198 valence electrons. The van der Waals surface area contributed by atoms with Crippen molar-refractivity contribution in [3.8, 4) is 5.75 Å². The molecular formula is C27H34N4O4S2. The molecule has 1 atom stereocenters. The number of aryl methyl sites for hydroxylation is 1. The van der Waals surface area contributed by atoms with E-state index in [0.717, 1.165) is 35.5 Å². The first-order valence-electron chi connectivity index (χ1n) is 12.5. The molecule has 0 fully saturated rings. The summed E-state index contributed by atoms with van der Waals surface area (Å²) in [5.41, 5.74) is 2.85. The zero-order valence-corrected chi connectivity index (χ0v) is 23.8. The zero-order valence-electron chi connectivity index (χ0n) is 22.2. The highest BCUT2D eigenvalue weighted by Crippen LogP contribution is 2.39. The predicted octanol–water partition coefficient (Wildman–Crippen LogP) is 5.71. The Balaban J connectivity index is 1.37. The van der Waals surface area contributed by atoms with Gasteiger partial charge in [0, 0.05) is 11.9 Å². The summed E-state index contributed by atoms with van der Waals surface area (Å²) in [7, 11) is 1.86. The van der Waals surface area contributed by atoms with Crippen molar-refractivity contribution in [2.45, 2.75) is 70.6 Å². The summed E-state index contributed by atoms with van der Waals surface area (Å²) in [5, 5.41) is 12.7. The van der Waals surface area contributed by atoms with Gasteiger partial charge >= 0.3 is 5.97 Å². The number of anilines is 1. The molecule has 2 heterocycles. The summed E-state index contributed by atoms with van der Waals surface area (Å²) in [4.78, 5) is 26.5. The Morgan fingerprint density at radius 1 is 1.19 bits per heavy atom. The van der Waals surface area contributed by atoms with Crippen molar-refractivity contribution in [2.24, 2.45) is 7.05 Å². The lowest BCUT2D eigenvalue weighted by molar-refractivity contribution is -0.113. The van der Waals surface area contributed by atoms with Gasteiger partial charge in [0.25, 0.3) is 0 Å². The van der Waals surface area contributed by atoms with E-state index < -0.39 is 0 Å². The predicted molar refractivity (Wildman–Crippen MR) is 147 cm³/mol. The van der Waals surface area contributed by atoms with E-state index in [1.807, 2.05) is 30.7 Å². The number of aromatic nitrogens is 3. The molecule has 1 amide bonds. The van der Waals surface area contributed by atoms with Gasteiger partial charge in [-0.2, -0.15) is 0 Å². The number of fused-ring (bicyclic) bond motifs is 1. The van der Waals surface area contributed by atoms with E-state index in [0.29, 0.717) is 28.2 Å². The number of hydrogen-bond acceptors (Lipinski definition) is 8. The van der Waals surface area contributed by atoms with Crippen LogP contribution in [0.3, 0.4) is 0 Å². The number of nitrogens with zero attached hydrogens (tertiary/aromatic N) is 3. The summed E-state index contributed by atoms with van der Waals surface area (Å²) in [6.45, 7) is 10.5. The Kier molecular flexibility index (Phi) is 8.28. The van der Waals surface area contributed by atoms with Crippen LogP contribution in [0.5, 0.6) is 5.75 Å². The molecule has 1 aliphatic rings. The van der Waals surface area contributed by atoms with Crippen molar-refractivity contribution >= 4 is 40.0 Å². The molecule has 1 aromatic carbocycles. The average molecular weight is 543 g/mol. The summed E-state index contributed by atoms with van der Waals surface area (Å²) in [5.74, 6) is 0.993. The molecule has 1 N–H and O–H groups in total. The van der Waals surface area contributed by atoms with E-state index in [2.05, 4.69) is 48.4 Å². The maximum absolute atomic E-state index is 12.8. The van der Waals surface area contributed by atoms with E-state index in [9.17, 15) is 9.59 Å². The Morgan fingerprint density at radius 2 is 1.92 bits per heavy atom. The van der Waals surface area contributed by atoms with E-state index in [-0.39, 0.29) is 29.1 Å². The van der Waals surface area contributed by atoms with Gasteiger partial charge in [0.15, 0.2) is 17.1 Å². The first-order chi connectivity index (χ1) is 17.6. The van der Waals surface area contributed by atoms with Crippen molar-refractivity contribution in [1.29, 1.82) is 0 Å². The Morgan fingerprint density at radius 3 is 2.59 bits per heavy atom. The number of carbonyl (C=O) groups excluding carboxylic acids is 2. The molecule has 4 rings (SSSR count). The van der Waals surface area contributed by atoms with E-state index >= 15 is 0 Å². The molecule has 0 saturated carbocycles. The molecule has 2 aromatic heterocycles. The lowest BCUT2D eigenvalue weighted by Crippen LogP contribution is -2.17. The van der Waals surface area contributed by atoms with Crippen LogP contribution in [0.1, 0.15) is 79.3 Å².